The monoisotopic (exact) mass is 369 g/mol. The molecule has 7 nitrogen and oxygen atoms in total. The summed E-state index contributed by atoms with van der Waals surface area (Å²) >= 11 is 1.47. The summed E-state index contributed by atoms with van der Waals surface area (Å²) in [6.45, 7) is 0.471. The van der Waals surface area contributed by atoms with Gasteiger partial charge in [-0.2, -0.15) is 4.68 Å². The molecule has 3 rings (SSSR count). The predicted octanol–water partition coefficient (Wildman–Crippen LogP) is 2.22. The Hall–Kier alpha value is -2.87. The van der Waals surface area contributed by atoms with Gasteiger partial charge in [0.15, 0.2) is 5.82 Å². The summed E-state index contributed by atoms with van der Waals surface area (Å²) < 4.78 is 6.86. The van der Waals surface area contributed by atoms with Crippen molar-refractivity contribution in [2.75, 3.05) is 12.9 Å². The van der Waals surface area contributed by atoms with E-state index in [1.807, 2.05) is 54.6 Å². The van der Waals surface area contributed by atoms with Crippen LogP contribution in [0.15, 0.2) is 54.6 Å². The van der Waals surface area contributed by atoms with Gasteiger partial charge >= 0.3 is 0 Å². The molecule has 26 heavy (non-hydrogen) atoms. The molecular weight excluding hydrogens is 350 g/mol. The van der Waals surface area contributed by atoms with Crippen LogP contribution in [-0.2, 0) is 17.1 Å². The summed E-state index contributed by atoms with van der Waals surface area (Å²) in [5, 5.41) is 14.7. The van der Waals surface area contributed by atoms with E-state index < -0.39 is 0 Å². The van der Waals surface area contributed by atoms with E-state index in [-0.39, 0.29) is 5.91 Å². The van der Waals surface area contributed by atoms with E-state index in [1.165, 1.54) is 11.8 Å². The van der Waals surface area contributed by atoms with E-state index in [0.717, 1.165) is 17.0 Å². The molecule has 0 aliphatic heterocycles. The van der Waals surface area contributed by atoms with Crippen molar-refractivity contribution in [3.8, 4) is 11.4 Å². The Bertz CT molecular complexity index is 854. The summed E-state index contributed by atoms with van der Waals surface area (Å²) in [5.41, 5.74) is 1.89. The zero-order chi connectivity index (χ0) is 18.2. The number of nitrogens with one attached hydrogen (secondary N) is 1. The Balaban J connectivity index is 1.46. The molecule has 1 amide bonds. The number of benzene rings is 2. The van der Waals surface area contributed by atoms with E-state index in [9.17, 15) is 4.79 Å². The summed E-state index contributed by atoms with van der Waals surface area (Å²) in [5.74, 6) is 2.34. The van der Waals surface area contributed by atoms with Gasteiger partial charge in [-0.25, -0.2) is 0 Å². The predicted molar refractivity (Wildman–Crippen MR) is 100 cm³/mol. The van der Waals surface area contributed by atoms with Crippen molar-refractivity contribution in [3.05, 3.63) is 66.0 Å². The van der Waals surface area contributed by atoms with E-state index in [0.29, 0.717) is 23.9 Å². The lowest BCUT2D eigenvalue weighted by Crippen LogP contribution is -2.24. The number of ether oxygens (including phenoxy) is 1. The third kappa shape index (κ3) is 4.82. The molecule has 8 heteroatoms. The smallest absolute Gasteiger partial charge is 0.230 e. The van der Waals surface area contributed by atoms with Gasteiger partial charge in [0.1, 0.15) is 5.75 Å². The Kier molecular flexibility index (Phi) is 6.21. The molecule has 134 valence electrons. The minimum atomic E-state index is -0.0310. The van der Waals surface area contributed by atoms with Gasteiger partial charge in [0.05, 0.1) is 24.3 Å². The normalized spacial score (nSPS) is 10.5. The molecule has 0 atom stereocenters. The summed E-state index contributed by atoms with van der Waals surface area (Å²) in [6, 6.07) is 17.3. The molecule has 0 unspecified atom stereocenters. The summed E-state index contributed by atoms with van der Waals surface area (Å²) in [7, 11) is 1.62. The summed E-state index contributed by atoms with van der Waals surface area (Å²) in [4.78, 5) is 12.0. The highest BCUT2D eigenvalue weighted by Crippen LogP contribution is 2.14. The lowest BCUT2D eigenvalue weighted by molar-refractivity contribution is -0.118. The van der Waals surface area contributed by atoms with Gasteiger partial charge < -0.3 is 10.1 Å². The van der Waals surface area contributed by atoms with Crippen LogP contribution in [0.3, 0.4) is 0 Å². The number of rotatable bonds is 8. The van der Waals surface area contributed by atoms with Crippen molar-refractivity contribution in [2.45, 2.75) is 12.3 Å². The Labute approximate surface area is 155 Å². The lowest BCUT2D eigenvalue weighted by atomic mass is 10.2. The number of methoxy groups -OCH3 is 1. The Morgan fingerprint density at radius 2 is 2.04 bits per heavy atom. The third-order valence-electron chi connectivity index (χ3n) is 3.62. The van der Waals surface area contributed by atoms with Crippen LogP contribution in [0.25, 0.3) is 5.69 Å². The van der Waals surface area contributed by atoms with Crippen molar-refractivity contribution in [2.24, 2.45) is 0 Å². The first kappa shape index (κ1) is 17.9. The van der Waals surface area contributed by atoms with Crippen LogP contribution in [0.5, 0.6) is 5.75 Å². The number of nitrogens with zero attached hydrogens (tertiary/aromatic N) is 4. The first-order valence-electron chi connectivity index (χ1n) is 8.06. The Morgan fingerprint density at radius 3 is 2.85 bits per heavy atom. The first-order chi connectivity index (χ1) is 12.8. The molecule has 1 aromatic heterocycles. The zero-order valence-corrected chi connectivity index (χ0v) is 15.1. The second kappa shape index (κ2) is 9.00. The number of carbonyl (C=O) groups excluding carboxylic acids is 1. The standard InChI is InChI=1S/C18H19N5O2S/c1-25-16-9-5-6-14(10-16)11-19-18(24)13-26-12-17-20-21-22-23(17)15-7-3-2-4-8-15/h2-10H,11-13H2,1H3,(H,19,24). The highest BCUT2D eigenvalue weighted by Gasteiger charge is 2.09. The molecule has 2 aromatic carbocycles. The highest BCUT2D eigenvalue weighted by molar-refractivity contribution is 7.99. The van der Waals surface area contributed by atoms with Crippen LogP contribution in [0.2, 0.25) is 0 Å². The molecule has 1 heterocycles. The van der Waals surface area contributed by atoms with E-state index in [1.54, 1.807) is 11.8 Å². The van der Waals surface area contributed by atoms with Gasteiger partial charge in [-0.3, -0.25) is 4.79 Å². The van der Waals surface area contributed by atoms with Crippen LogP contribution in [0.1, 0.15) is 11.4 Å². The number of para-hydroxylation sites is 1. The van der Waals surface area contributed by atoms with E-state index in [4.69, 9.17) is 4.74 Å². The topological polar surface area (TPSA) is 81.9 Å². The maximum atomic E-state index is 12.0. The van der Waals surface area contributed by atoms with Gasteiger partial charge in [-0.05, 0) is 40.3 Å². The number of hydrogen-bond acceptors (Lipinski definition) is 6. The molecule has 0 aliphatic carbocycles. The van der Waals surface area contributed by atoms with Crippen LogP contribution in [-0.4, -0.2) is 39.0 Å². The maximum Gasteiger partial charge on any atom is 0.230 e. The van der Waals surface area contributed by atoms with Gasteiger partial charge in [0, 0.05) is 6.54 Å². The molecule has 0 aliphatic rings. The fourth-order valence-corrected chi connectivity index (χ4v) is 3.09. The van der Waals surface area contributed by atoms with Gasteiger partial charge in [0.25, 0.3) is 0 Å². The minimum absolute atomic E-state index is 0.0310. The molecule has 0 saturated heterocycles. The molecule has 0 bridgehead atoms. The minimum Gasteiger partial charge on any atom is -0.497 e. The maximum absolute atomic E-state index is 12.0. The Morgan fingerprint density at radius 1 is 1.19 bits per heavy atom. The zero-order valence-electron chi connectivity index (χ0n) is 14.3. The second-order valence-electron chi connectivity index (χ2n) is 5.46. The molecule has 0 fully saturated rings. The molecule has 3 aromatic rings. The van der Waals surface area contributed by atoms with Crippen LogP contribution in [0, 0.1) is 0 Å². The molecule has 0 saturated carbocycles. The fourth-order valence-electron chi connectivity index (χ4n) is 2.33. The van der Waals surface area contributed by atoms with Gasteiger partial charge in [-0.1, -0.05) is 30.3 Å². The van der Waals surface area contributed by atoms with Crippen molar-refractivity contribution >= 4 is 17.7 Å². The molecule has 0 radical (unpaired) electrons. The van der Waals surface area contributed by atoms with Gasteiger partial charge in [-0.15, -0.1) is 16.9 Å². The average Bonchev–Trinajstić information content (AvgIpc) is 3.16. The largest absolute Gasteiger partial charge is 0.497 e. The number of hydrogen-bond donors (Lipinski definition) is 1. The van der Waals surface area contributed by atoms with Crippen LogP contribution < -0.4 is 10.1 Å². The molecular formula is C18H19N5O2S. The third-order valence-corrected chi connectivity index (χ3v) is 4.55. The van der Waals surface area contributed by atoms with Crippen molar-refractivity contribution in [1.82, 2.24) is 25.5 Å². The average molecular weight is 369 g/mol. The number of thioether (sulfide) groups is 1. The van der Waals surface area contributed by atoms with E-state index in [2.05, 4.69) is 20.8 Å². The van der Waals surface area contributed by atoms with Crippen LogP contribution in [0.4, 0.5) is 0 Å². The van der Waals surface area contributed by atoms with Crippen molar-refractivity contribution in [3.63, 3.8) is 0 Å². The first-order valence-corrected chi connectivity index (χ1v) is 9.22. The quantitative estimate of drug-likeness (QED) is 0.656. The summed E-state index contributed by atoms with van der Waals surface area (Å²) in [6.07, 6.45) is 0. The van der Waals surface area contributed by atoms with Gasteiger partial charge in [0.2, 0.25) is 5.91 Å². The van der Waals surface area contributed by atoms with Crippen LogP contribution >= 0.6 is 11.8 Å². The number of amides is 1. The lowest BCUT2D eigenvalue weighted by Gasteiger charge is -2.07. The highest BCUT2D eigenvalue weighted by atomic mass is 32.2. The van der Waals surface area contributed by atoms with Crippen molar-refractivity contribution in [1.29, 1.82) is 0 Å². The van der Waals surface area contributed by atoms with Crippen molar-refractivity contribution < 1.29 is 9.53 Å². The number of tetrazole rings is 1. The number of carbonyl (C=O) groups is 1. The second-order valence-corrected chi connectivity index (χ2v) is 6.45. The van der Waals surface area contributed by atoms with E-state index >= 15 is 0 Å². The number of aromatic nitrogens is 4. The molecule has 0 spiro atoms. The molecule has 1 N–H and O–H groups in total. The SMILES string of the molecule is COc1cccc(CNC(=O)CSCc2nnnn2-c2ccccc2)c1. The fraction of sp³-hybridized carbons (Fsp3) is 0.222.